The van der Waals surface area contributed by atoms with E-state index < -0.39 is 12.2 Å². The zero-order chi connectivity index (χ0) is 23.1. The molecule has 2 heterocycles. The smallest absolute Gasteiger partial charge is 0.387 e. The van der Waals surface area contributed by atoms with E-state index in [4.69, 9.17) is 16.2 Å². The molecule has 5 N–H and O–H groups in total. The topological polar surface area (TPSA) is 104 Å². The Labute approximate surface area is 192 Å². The number of nitrogens with one attached hydrogen (secondary N) is 1. The van der Waals surface area contributed by atoms with E-state index in [0.717, 1.165) is 15.6 Å². The van der Waals surface area contributed by atoms with Crippen LogP contribution >= 0.6 is 15.9 Å². The van der Waals surface area contributed by atoms with Crippen molar-refractivity contribution in [1.82, 2.24) is 5.48 Å². The summed E-state index contributed by atoms with van der Waals surface area (Å²) in [5, 5.41) is 0. The van der Waals surface area contributed by atoms with Crippen molar-refractivity contribution >= 4 is 21.8 Å². The normalized spacial score (nSPS) is 19.7. The summed E-state index contributed by atoms with van der Waals surface area (Å²) in [4.78, 5) is 9.24. The van der Waals surface area contributed by atoms with Crippen LogP contribution in [0.4, 0.5) is 8.78 Å². The molecule has 0 spiro atoms. The molecule has 4 rings (SSSR count). The van der Waals surface area contributed by atoms with Crippen molar-refractivity contribution in [2.24, 2.45) is 16.5 Å². The maximum Gasteiger partial charge on any atom is 0.387 e. The number of halogens is 3. The van der Waals surface area contributed by atoms with Crippen molar-refractivity contribution in [1.29, 1.82) is 0 Å². The molecule has 1 unspecified atom stereocenters. The third-order valence-electron chi connectivity index (χ3n) is 4.67. The lowest BCUT2D eigenvalue weighted by atomic mass is 9.82. The average Bonchev–Trinajstić information content (AvgIpc) is 2.76. The number of hydrogen-bond donors (Lipinski definition) is 3. The Morgan fingerprint density at radius 3 is 2.53 bits per heavy atom. The molecule has 0 amide bonds. The van der Waals surface area contributed by atoms with Gasteiger partial charge < -0.3 is 25.8 Å². The first-order valence-corrected chi connectivity index (χ1v) is 10.4. The van der Waals surface area contributed by atoms with Gasteiger partial charge in [-0.05, 0) is 60.0 Å². The number of hydroxylamine groups is 1. The van der Waals surface area contributed by atoms with Crippen LogP contribution < -0.4 is 21.7 Å². The Balaban J connectivity index is 0.000000352. The lowest BCUT2D eigenvalue weighted by Crippen LogP contribution is -2.40. The van der Waals surface area contributed by atoms with E-state index in [1.54, 1.807) is 31.2 Å². The maximum atomic E-state index is 12.5. The van der Waals surface area contributed by atoms with Gasteiger partial charge in [0.15, 0.2) is 0 Å². The maximum absolute atomic E-state index is 12.5. The number of amidine groups is 1. The van der Waals surface area contributed by atoms with Crippen molar-refractivity contribution in [2.45, 2.75) is 19.1 Å². The summed E-state index contributed by atoms with van der Waals surface area (Å²) in [6, 6.07) is 12.7. The van der Waals surface area contributed by atoms with Crippen molar-refractivity contribution in [3.8, 4) is 5.75 Å². The number of nitrogens with two attached hydrogens (primary N) is 2. The highest BCUT2D eigenvalue weighted by atomic mass is 79.9. The van der Waals surface area contributed by atoms with Crippen LogP contribution in [0.2, 0.25) is 0 Å². The largest absolute Gasteiger partial charge is 0.435 e. The van der Waals surface area contributed by atoms with Gasteiger partial charge in [-0.25, -0.2) is 5.48 Å². The molecular weight excluding hydrogens is 486 g/mol. The van der Waals surface area contributed by atoms with Crippen molar-refractivity contribution in [2.75, 3.05) is 13.2 Å². The number of aryl methyl sites for hydroxylation is 1. The predicted molar refractivity (Wildman–Crippen MR) is 121 cm³/mol. The Kier molecular flexibility index (Phi) is 7.70. The minimum atomic E-state index is -2.87. The van der Waals surface area contributed by atoms with E-state index >= 15 is 0 Å². The number of alkyl halides is 2. The molecule has 2 aliphatic heterocycles. The number of allylic oxidation sites excluding steroid dienone is 2. The fourth-order valence-corrected chi connectivity index (χ4v) is 3.67. The number of nitrogens with zero attached hydrogens (tertiary/aromatic N) is 1. The van der Waals surface area contributed by atoms with E-state index in [1.165, 1.54) is 12.3 Å². The van der Waals surface area contributed by atoms with Crippen LogP contribution in [0.15, 0.2) is 76.2 Å². The number of benzene rings is 2. The quantitative estimate of drug-likeness (QED) is 0.579. The summed E-state index contributed by atoms with van der Waals surface area (Å²) in [7, 11) is 0. The van der Waals surface area contributed by atoms with Gasteiger partial charge in [0.25, 0.3) is 0 Å². The Bertz CT molecular complexity index is 1050. The Morgan fingerprint density at radius 2 is 1.97 bits per heavy atom. The lowest BCUT2D eigenvalue weighted by molar-refractivity contribution is -0.0503. The third kappa shape index (κ3) is 5.77. The molecular formula is C22H23BrF2N4O3. The first-order valence-electron chi connectivity index (χ1n) is 9.58. The summed E-state index contributed by atoms with van der Waals surface area (Å²) in [6.45, 7) is -0.581. The summed E-state index contributed by atoms with van der Waals surface area (Å²) in [5.41, 5.74) is 15.0. The van der Waals surface area contributed by atoms with Gasteiger partial charge in [-0.1, -0.05) is 34.1 Å². The third-order valence-corrected chi connectivity index (χ3v) is 5.16. The van der Waals surface area contributed by atoms with Crippen LogP contribution in [0.3, 0.4) is 0 Å². The van der Waals surface area contributed by atoms with Gasteiger partial charge in [0.2, 0.25) is 0 Å². The fourth-order valence-electron chi connectivity index (χ4n) is 3.27. The second-order valence-corrected chi connectivity index (χ2v) is 7.91. The molecule has 2 aromatic carbocycles. The first kappa shape index (κ1) is 23.6. The minimum absolute atomic E-state index is 0.136. The zero-order valence-corrected chi connectivity index (χ0v) is 18.8. The molecule has 32 heavy (non-hydrogen) atoms. The van der Waals surface area contributed by atoms with E-state index in [-0.39, 0.29) is 12.4 Å². The lowest BCUT2D eigenvalue weighted by Gasteiger charge is -2.35. The highest BCUT2D eigenvalue weighted by molar-refractivity contribution is 9.10. The molecule has 1 atom stereocenters. The summed E-state index contributed by atoms with van der Waals surface area (Å²) in [6.07, 6.45) is 4.94. The molecule has 0 saturated carbocycles. The van der Waals surface area contributed by atoms with Gasteiger partial charge in [-0.3, -0.25) is 4.99 Å². The highest BCUT2D eigenvalue weighted by Gasteiger charge is 2.37. The first-order chi connectivity index (χ1) is 15.3. The van der Waals surface area contributed by atoms with Crippen molar-refractivity contribution in [3.05, 3.63) is 87.9 Å². The van der Waals surface area contributed by atoms with Gasteiger partial charge in [-0.15, -0.1) is 0 Å². The van der Waals surface area contributed by atoms with Gasteiger partial charge in [0.05, 0.1) is 6.61 Å². The van der Waals surface area contributed by atoms with Crippen LogP contribution in [-0.4, -0.2) is 25.7 Å². The fraction of sp³-hybridized carbons (Fsp3) is 0.227. The molecule has 0 aliphatic carbocycles. The molecule has 10 heteroatoms. The van der Waals surface area contributed by atoms with Gasteiger partial charge in [-0.2, -0.15) is 8.78 Å². The van der Waals surface area contributed by atoms with Crippen LogP contribution in [-0.2, 0) is 15.1 Å². The summed E-state index contributed by atoms with van der Waals surface area (Å²) < 4.78 is 36.1. The Morgan fingerprint density at radius 1 is 1.19 bits per heavy atom. The second-order valence-electron chi connectivity index (χ2n) is 7.00. The molecule has 2 aromatic rings. The summed E-state index contributed by atoms with van der Waals surface area (Å²) >= 11 is 3.47. The minimum Gasteiger partial charge on any atom is -0.435 e. The highest BCUT2D eigenvalue weighted by Crippen LogP contribution is 2.39. The van der Waals surface area contributed by atoms with Gasteiger partial charge >= 0.3 is 6.61 Å². The predicted octanol–water partition coefficient (Wildman–Crippen LogP) is 3.82. The molecule has 0 aromatic heterocycles. The van der Waals surface area contributed by atoms with E-state index in [0.29, 0.717) is 23.8 Å². The molecule has 2 aliphatic rings. The standard InChI is InChI=1S/C18H17BrF2N2O2.C4H6N2O/c1-11-7-13(5-6-15(11)25-17(20)21)18(10-24-9-16(22)23-18)12-3-2-4-14(19)8-12;5-4-2-1-3-7-6-4/h2-8,17H,9-10H2,1H3,(H2,22,23);1-3,6H,5H2. The number of ether oxygens (including phenoxy) is 2. The van der Waals surface area contributed by atoms with Crippen molar-refractivity contribution < 1.29 is 23.1 Å². The van der Waals surface area contributed by atoms with E-state index in [1.807, 2.05) is 24.3 Å². The van der Waals surface area contributed by atoms with Crippen molar-refractivity contribution in [3.63, 3.8) is 0 Å². The van der Waals surface area contributed by atoms with Gasteiger partial charge in [0, 0.05) is 4.47 Å². The summed E-state index contributed by atoms with van der Waals surface area (Å²) in [5.74, 6) is 1.05. The second kappa shape index (κ2) is 10.5. The van der Waals surface area contributed by atoms with Gasteiger partial charge in [0.1, 0.15) is 35.8 Å². The molecule has 170 valence electrons. The van der Waals surface area contributed by atoms with Crippen LogP contribution in [0.1, 0.15) is 16.7 Å². The molecule has 0 saturated heterocycles. The van der Waals surface area contributed by atoms with Crippen LogP contribution in [0.25, 0.3) is 0 Å². The monoisotopic (exact) mass is 508 g/mol. The molecule has 7 nitrogen and oxygen atoms in total. The number of hydrogen-bond acceptors (Lipinski definition) is 7. The number of aliphatic imine (C=N–C) groups is 1. The molecule has 0 radical (unpaired) electrons. The van der Waals surface area contributed by atoms with E-state index in [2.05, 4.69) is 36.0 Å². The SMILES string of the molecule is Cc1cc(C2(c3cccc(Br)c3)COCC(N)=N2)ccc1OC(F)F.NC1=CC=CON1. The van der Waals surface area contributed by atoms with E-state index in [9.17, 15) is 8.78 Å². The van der Waals surface area contributed by atoms with Crippen LogP contribution in [0, 0.1) is 6.92 Å². The Hall–Kier alpha value is -3.11. The molecule has 0 fully saturated rings. The average molecular weight is 509 g/mol. The molecule has 0 bridgehead atoms. The zero-order valence-electron chi connectivity index (χ0n) is 17.2. The van der Waals surface area contributed by atoms with Crippen LogP contribution in [0.5, 0.6) is 5.75 Å². The number of rotatable bonds is 4.